The van der Waals surface area contributed by atoms with E-state index in [1.165, 1.54) is 4.90 Å². The highest BCUT2D eigenvalue weighted by molar-refractivity contribution is 9.10. The molecule has 2 aromatic carbocycles. The largest absolute Gasteiger partial charge is 0.326 e. The molecule has 1 N–H and O–H groups in total. The van der Waals surface area contributed by atoms with Crippen LogP contribution in [0.1, 0.15) is 13.3 Å². The number of halogens is 1. The third kappa shape index (κ3) is 3.15. The minimum atomic E-state index is -0.0851. The Morgan fingerprint density at radius 2 is 2.00 bits per heavy atom. The van der Waals surface area contributed by atoms with Crippen molar-refractivity contribution in [1.29, 1.82) is 0 Å². The van der Waals surface area contributed by atoms with E-state index in [-0.39, 0.29) is 6.03 Å². The van der Waals surface area contributed by atoms with Crippen LogP contribution in [0.2, 0.25) is 0 Å². The van der Waals surface area contributed by atoms with Crippen LogP contribution in [-0.4, -0.2) is 17.8 Å². The second-order valence-corrected chi connectivity index (χ2v) is 7.33. The number of hydrogen-bond acceptors (Lipinski definition) is 2. The summed E-state index contributed by atoms with van der Waals surface area (Å²) in [6, 6.07) is 15.7. The molecule has 22 heavy (non-hydrogen) atoms. The number of rotatable bonds is 2. The normalized spacial score (nSPS) is 17.0. The molecule has 1 heterocycles. The van der Waals surface area contributed by atoms with Crippen molar-refractivity contribution in [3.63, 3.8) is 0 Å². The number of nitrogens with zero attached hydrogens (tertiary/aromatic N) is 1. The van der Waals surface area contributed by atoms with Crippen molar-refractivity contribution in [3.05, 3.63) is 53.0 Å². The molecule has 0 aromatic heterocycles. The molecule has 0 bridgehead atoms. The van der Waals surface area contributed by atoms with Crippen LogP contribution < -0.4 is 10.2 Å². The number of nitrogens with one attached hydrogen (secondary N) is 1. The summed E-state index contributed by atoms with van der Waals surface area (Å²) < 4.78 is 0.884. The predicted molar refractivity (Wildman–Crippen MR) is 96.9 cm³/mol. The summed E-state index contributed by atoms with van der Waals surface area (Å²) in [5.41, 5.74) is 1.78. The van der Waals surface area contributed by atoms with Gasteiger partial charge < -0.3 is 5.32 Å². The van der Waals surface area contributed by atoms with Gasteiger partial charge in [0, 0.05) is 21.2 Å². The van der Waals surface area contributed by atoms with Crippen molar-refractivity contribution in [2.75, 3.05) is 16.8 Å². The number of benzene rings is 2. The van der Waals surface area contributed by atoms with Crippen LogP contribution in [0.5, 0.6) is 0 Å². The Labute approximate surface area is 143 Å². The van der Waals surface area contributed by atoms with E-state index in [2.05, 4.69) is 34.2 Å². The minimum absolute atomic E-state index is 0.0851. The SMILES string of the molecule is CCC1CN(C(=O)Nc2ccccc2Br)c2ccccc2S1. The molecule has 1 unspecified atom stereocenters. The van der Waals surface area contributed by atoms with Crippen molar-refractivity contribution in [2.24, 2.45) is 0 Å². The van der Waals surface area contributed by atoms with Crippen molar-refractivity contribution in [1.82, 2.24) is 0 Å². The molecule has 0 saturated heterocycles. The second kappa shape index (κ2) is 6.75. The Bertz CT molecular complexity index is 692. The molecule has 0 radical (unpaired) electrons. The van der Waals surface area contributed by atoms with E-state index in [0.717, 1.165) is 28.8 Å². The van der Waals surface area contributed by atoms with E-state index >= 15 is 0 Å². The van der Waals surface area contributed by atoms with Gasteiger partial charge in [-0.1, -0.05) is 31.2 Å². The van der Waals surface area contributed by atoms with Gasteiger partial charge in [0.2, 0.25) is 0 Å². The highest BCUT2D eigenvalue weighted by Gasteiger charge is 2.28. The van der Waals surface area contributed by atoms with Gasteiger partial charge in [-0.3, -0.25) is 4.90 Å². The van der Waals surface area contributed by atoms with Gasteiger partial charge in [-0.2, -0.15) is 0 Å². The fourth-order valence-electron chi connectivity index (χ4n) is 2.45. The van der Waals surface area contributed by atoms with Crippen LogP contribution >= 0.6 is 27.7 Å². The Hall–Kier alpha value is -1.46. The van der Waals surface area contributed by atoms with E-state index in [1.807, 2.05) is 59.1 Å². The van der Waals surface area contributed by atoms with Gasteiger partial charge in [-0.15, -0.1) is 11.8 Å². The molecule has 114 valence electrons. The quantitative estimate of drug-likeness (QED) is 0.763. The van der Waals surface area contributed by atoms with E-state index in [4.69, 9.17) is 0 Å². The van der Waals surface area contributed by atoms with E-state index in [9.17, 15) is 4.79 Å². The lowest BCUT2D eigenvalue weighted by molar-refractivity contribution is 0.256. The van der Waals surface area contributed by atoms with Gasteiger partial charge >= 0.3 is 6.03 Å². The molecule has 1 aliphatic rings. The predicted octanol–water partition coefficient (Wildman–Crippen LogP) is 5.37. The topological polar surface area (TPSA) is 32.3 Å². The molecule has 3 rings (SSSR count). The molecule has 5 heteroatoms. The third-order valence-electron chi connectivity index (χ3n) is 3.65. The van der Waals surface area contributed by atoms with Crippen LogP contribution in [0.15, 0.2) is 57.9 Å². The number of hydrogen-bond donors (Lipinski definition) is 1. The summed E-state index contributed by atoms with van der Waals surface area (Å²) in [5, 5.41) is 3.43. The number of anilines is 2. The van der Waals surface area contributed by atoms with Crippen LogP contribution in [0, 0.1) is 0 Å². The molecule has 3 nitrogen and oxygen atoms in total. The Kier molecular flexibility index (Phi) is 4.74. The standard InChI is InChI=1S/C17H17BrN2OS/c1-2-12-11-20(15-9-5-6-10-16(15)22-12)17(21)19-14-8-4-3-7-13(14)18/h3-10,12H,2,11H2,1H3,(H,19,21). The fourth-order valence-corrected chi connectivity index (χ4v) is 4.04. The third-order valence-corrected chi connectivity index (χ3v) is 5.76. The number of thioether (sulfide) groups is 1. The Balaban J connectivity index is 1.87. The Morgan fingerprint density at radius 3 is 2.77 bits per heavy atom. The van der Waals surface area contributed by atoms with Crippen molar-refractivity contribution >= 4 is 45.1 Å². The highest BCUT2D eigenvalue weighted by Crippen LogP contribution is 2.39. The van der Waals surface area contributed by atoms with Crippen LogP contribution in [0.4, 0.5) is 16.2 Å². The Morgan fingerprint density at radius 1 is 1.27 bits per heavy atom. The number of amides is 2. The minimum Gasteiger partial charge on any atom is -0.306 e. The maximum Gasteiger partial charge on any atom is 0.326 e. The van der Waals surface area contributed by atoms with Crippen LogP contribution in [-0.2, 0) is 0 Å². The molecule has 0 saturated carbocycles. The number of para-hydroxylation sites is 2. The van der Waals surface area contributed by atoms with Gasteiger partial charge in [0.15, 0.2) is 0 Å². The average Bonchev–Trinajstić information content (AvgIpc) is 2.55. The summed E-state index contributed by atoms with van der Waals surface area (Å²) in [7, 11) is 0. The average molecular weight is 377 g/mol. The molecule has 2 aromatic rings. The molecule has 1 aliphatic heterocycles. The lowest BCUT2D eigenvalue weighted by Gasteiger charge is -2.33. The molecular formula is C17H17BrN2OS. The fraction of sp³-hybridized carbons (Fsp3) is 0.235. The number of fused-ring (bicyclic) bond motifs is 1. The monoisotopic (exact) mass is 376 g/mol. The number of carbonyl (C=O) groups excluding carboxylic acids is 1. The van der Waals surface area contributed by atoms with E-state index in [1.54, 1.807) is 0 Å². The van der Waals surface area contributed by atoms with Gasteiger partial charge in [-0.25, -0.2) is 4.79 Å². The maximum atomic E-state index is 12.7. The van der Waals surface area contributed by atoms with Crippen molar-refractivity contribution < 1.29 is 4.79 Å². The molecule has 0 fully saturated rings. The van der Waals surface area contributed by atoms with Crippen LogP contribution in [0.25, 0.3) is 0 Å². The molecule has 0 aliphatic carbocycles. The maximum absolute atomic E-state index is 12.7. The van der Waals surface area contributed by atoms with E-state index < -0.39 is 0 Å². The number of urea groups is 1. The first-order valence-corrected chi connectivity index (χ1v) is 8.95. The zero-order chi connectivity index (χ0) is 15.5. The first-order chi connectivity index (χ1) is 10.7. The summed E-state index contributed by atoms with van der Waals surface area (Å²) in [6.45, 7) is 2.89. The molecule has 1 atom stereocenters. The lowest BCUT2D eigenvalue weighted by atomic mass is 10.2. The highest BCUT2D eigenvalue weighted by atomic mass is 79.9. The lowest BCUT2D eigenvalue weighted by Crippen LogP contribution is -2.41. The summed E-state index contributed by atoms with van der Waals surface area (Å²) in [5.74, 6) is 0. The smallest absolute Gasteiger partial charge is 0.306 e. The first kappa shape index (κ1) is 15.4. The summed E-state index contributed by atoms with van der Waals surface area (Å²) in [6.07, 6.45) is 1.04. The van der Waals surface area contributed by atoms with Gasteiger partial charge in [-0.05, 0) is 46.6 Å². The van der Waals surface area contributed by atoms with E-state index in [0.29, 0.717) is 5.25 Å². The number of carbonyl (C=O) groups is 1. The zero-order valence-electron chi connectivity index (χ0n) is 12.3. The molecule has 0 spiro atoms. The first-order valence-electron chi connectivity index (χ1n) is 7.27. The summed E-state index contributed by atoms with van der Waals surface area (Å²) >= 11 is 5.33. The van der Waals surface area contributed by atoms with Crippen LogP contribution in [0.3, 0.4) is 0 Å². The van der Waals surface area contributed by atoms with Gasteiger partial charge in [0.1, 0.15) is 0 Å². The van der Waals surface area contributed by atoms with Crippen molar-refractivity contribution in [2.45, 2.75) is 23.5 Å². The van der Waals surface area contributed by atoms with Gasteiger partial charge in [0.25, 0.3) is 0 Å². The van der Waals surface area contributed by atoms with Gasteiger partial charge in [0.05, 0.1) is 11.4 Å². The molecule has 2 amide bonds. The molecular weight excluding hydrogens is 360 g/mol. The second-order valence-electron chi connectivity index (χ2n) is 5.14. The summed E-state index contributed by atoms with van der Waals surface area (Å²) in [4.78, 5) is 15.7. The van der Waals surface area contributed by atoms with Crippen molar-refractivity contribution in [3.8, 4) is 0 Å². The zero-order valence-corrected chi connectivity index (χ0v) is 14.7.